The van der Waals surface area contributed by atoms with E-state index in [-0.39, 0.29) is 11.8 Å². The van der Waals surface area contributed by atoms with Crippen molar-refractivity contribution in [2.24, 2.45) is 0 Å². The van der Waals surface area contributed by atoms with Gasteiger partial charge in [0.25, 0.3) is 0 Å². The second-order valence-corrected chi connectivity index (χ2v) is 4.73. The van der Waals surface area contributed by atoms with E-state index in [9.17, 15) is 9.59 Å². The molecule has 0 radical (unpaired) electrons. The summed E-state index contributed by atoms with van der Waals surface area (Å²) >= 11 is 3.39. The number of rotatable bonds is 3. The van der Waals surface area contributed by atoms with Crippen molar-refractivity contribution in [1.82, 2.24) is 4.90 Å². The summed E-state index contributed by atoms with van der Waals surface area (Å²) in [5, 5.41) is 0. The van der Waals surface area contributed by atoms with E-state index in [2.05, 4.69) is 15.9 Å². The topological polar surface area (TPSA) is 37.4 Å². The maximum Gasteiger partial charge on any atom is 0.229 e. The third-order valence-electron chi connectivity index (χ3n) is 2.67. The molecular weight excluding hydrogens is 270 g/mol. The molecule has 84 valence electrons. The van der Waals surface area contributed by atoms with Gasteiger partial charge in [-0.2, -0.15) is 0 Å². The molecule has 1 aromatic carbocycles. The average Bonchev–Trinajstić information content (AvgIpc) is 2.56. The van der Waals surface area contributed by atoms with E-state index in [0.29, 0.717) is 19.4 Å². The lowest BCUT2D eigenvalue weighted by Gasteiger charge is -2.13. The molecule has 2 rings (SSSR count). The SMILES string of the molecule is O=C1CCC(=O)N1CCc1cccc(Br)c1. The van der Waals surface area contributed by atoms with Crippen LogP contribution in [0, 0.1) is 0 Å². The predicted molar refractivity (Wildman–Crippen MR) is 63.8 cm³/mol. The number of imide groups is 1. The Morgan fingerprint density at radius 2 is 1.88 bits per heavy atom. The number of carbonyl (C=O) groups excluding carboxylic acids is 2. The molecule has 0 aliphatic carbocycles. The molecule has 1 saturated heterocycles. The third-order valence-corrected chi connectivity index (χ3v) is 3.16. The molecule has 16 heavy (non-hydrogen) atoms. The molecule has 1 aliphatic rings. The minimum atomic E-state index is -0.0417. The number of hydrogen-bond acceptors (Lipinski definition) is 2. The van der Waals surface area contributed by atoms with Crippen LogP contribution in [0.15, 0.2) is 28.7 Å². The molecule has 0 spiro atoms. The van der Waals surface area contributed by atoms with Gasteiger partial charge in [0, 0.05) is 23.9 Å². The summed E-state index contributed by atoms with van der Waals surface area (Å²) in [6.45, 7) is 0.494. The summed E-state index contributed by atoms with van der Waals surface area (Å²) in [5.74, 6) is -0.0833. The number of hydrogen-bond donors (Lipinski definition) is 0. The van der Waals surface area contributed by atoms with Crippen molar-refractivity contribution in [2.45, 2.75) is 19.3 Å². The van der Waals surface area contributed by atoms with Crippen molar-refractivity contribution in [2.75, 3.05) is 6.54 Å². The maximum absolute atomic E-state index is 11.4. The smallest absolute Gasteiger partial charge is 0.229 e. The van der Waals surface area contributed by atoms with Gasteiger partial charge in [0.05, 0.1) is 0 Å². The van der Waals surface area contributed by atoms with Crippen LogP contribution in [0.2, 0.25) is 0 Å². The highest BCUT2D eigenvalue weighted by Gasteiger charge is 2.27. The van der Waals surface area contributed by atoms with Crippen LogP contribution in [0.3, 0.4) is 0 Å². The number of amides is 2. The first-order valence-corrected chi connectivity index (χ1v) is 6.04. The van der Waals surface area contributed by atoms with Gasteiger partial charge < -0.3 is 0 Å². The second kappa shape index (κ2) is 4.78. The van der Waals surface area contributed by atoms with Gasteiger partial charge in [-0.3, -0.25) is 14.5 Å². The fourth-order valence-electron chi connectivity index (χ4n) is 1.81. The Labute approximate surface area is 103 Å². The van der Waals surface area contributed by atoms with Crippen LogP contribution in [0.5, 0.6) is 0 Å². The highest BCUT2D eigenvalue weighted by molar-refractivity contribution is 9.10. The Morgan fingerprint density at radius 1 is 1.19 bits per heavy atom. The van der Waals surface area contributed by atoms with Crippen molar-refractivity contribution < 1.29 is 9.59 Å². The van der Waals surface area contributed by atoms with Gasteiger partial charge in [-0.25, -0.2) is 0 Å². The zero-order valence-electron chi connectivity index (χ0n) is 8.78. The van der Waals surface area contributed by atoms with Gasteiger partial charge in [0.15, 0.2) is 0 Å². The molecule has 1 aromatic rings. The molecule has 1 fully saturated rings. The third kappa shape index (κ3) is 2.50. The Kier molecular flexibility index (Phi) is 3.39. The van der Waals surface area contributed by atoms with Crippen molar-refractivity contribution in [3.63, 3.8) is 0 Å². The lowest BCUT2D eigenvalue weighted by Crippen LogP contribution is -2.31. The number of halogens is 1. The molecule has 1 aliphatic heterocycles. The molecule has 4 heteroatoms. The molecule has 0 aromatic heterocycles. The monoisotopic (exact) mass is 281 g/mol. The van der Waals surface area contributed by atoms with Gasteiger partial charge in [-0.15, -0.1) is 0 Å². The van der Waals surface area contributed by atoms with Gasteiger partial charge in [-0.1, -0.05) is 28.1 Å². The molecule has 3 nitrogen and oxygen atoms in total. The fraction of sp³-hybridized carbons (Fsp3) is 0.333. The summed E-state index contributed by atoms with van der Waals surface area (Å²) in [6.07, 6.45) is 1.46. The highest BCUT2D eigenvalue weighted by atomic mass is 79.9. The minimum Gasteiger partial charge on any atom is -0.282 e. The lowest BCUT2D eigenvalue weighted by atomic mass is 10.1. The predicted octanol–water partition coefficient (Wildman–Crippen LogP) is 2.14. The highest BCUT2D eigenvalue weighted by Crippen LogP contribution is 2.15. The van der Waals surface area contributed by atoms with Gasteiger partial charge in [0.2, 0.25) is 11.8 Å². The minimum absolute atomic E-state index is 0.0417. The van der Waals surface area contributed by atoms with Crippen molar-refractivity contribution >= 4 is 27.7 Å². The van der Waals surface area contributed by atoms with Crippen LogP contribution in [-0.2, 0) is 16.0 Å². The van der Waals surface area contributed by atoms with Crippen molar-refractivity contribution in [1.29, 1.82) is 0 Å². The Hall–Kier alpha value is -1.16. The Bertz CT molecular complexity index is 415. The van der Waals surface area contributed by atoms with E-state index in [0.717, 1.165) is 16.5 Å². The summed E-state index contributed by atoms with van der Waals surface area (Å²) in [4.78, 5) is 24.1. The largest absolute Gasteiger partial charge is 0.282 e. The summed E-state index contributed by atoms with van der Waals surface area (Å²) in [5.41, 5.74) is 1.13. The quantitative estimate of drug-likeness (QED) is 0.796. The van der Waals surface area contributed by atoms with Crippen molar-refractivity contribution in [3.05, 3.63) is 34.3 Å². The zero-order chi connectivity index (χ0) is 11.5. The van der Waals surface area contributed by atoms with Crippen LogP contribution in [0.4, 0.5) is 0 Å². The molecule has 0 unspecified atom stereocenters. The Balaban J connectivity index is 1.97. The van der Waals surface area contributed by atoms with E-state index < -0.39 is 0 Å². The van der Waals surface area contributed by atoms with Crippen LogP contribution in [-0.4, -0.2) is 23.3 Å². The van der Waals surface area contributed by atoms with E-state index >= 15 is 0 Å². The van der Waals surface area contributed by atoms with E-state index in [4.69, 9.17) is 0 Å². The standard InChI is InChI=1S/C12H12BrNO2/c13-10-3-1-2-9(8-10)6-7-14-11(15)4-5-12(14)16/h1-3,8H,4-7H2. The first-order chi connectivity index (χ1) is 7.66. The number of benzene rings is 1. The maximum atomic E-state index is 11.4. The second-order valence-electron chi connectivity index (χ2n) is 3.82. The van der Waals surface area contributed by atoms with Gasteiger partial charge in [-0.05, 0) is 24.1 Å². The summed E-state index contributed by atoms with van der Waals surface area (Å²) in [7, 11) is 0. The Morgan fingerprint density at radius 3 is 2.50 bits per heavy atom. The first-order valence-electron chi connectivity index (χ1n) is 5.24. The van der Waals surface area contributed by atoms with Crippen molar-refractivity contribution in [3.8, 4) is 0 Å². The lowest BCUT2D eigenvalue weighted by molar-refractivity contribution is -0.138. The van der Waals surface area contributed by atoms with E-state index in [1.54, 1.807) is 0 Å². The van der Waals surface area contributed by atoms with E-state index in [1.165, 1.54) is 4.90 Å². The molecule has 0 bridgehead atoms. The molecule has 0 saturated carbocycles. The van der Waals surface area contributed by atoms with Crippen LogP contribution in [0.25, 0.3) is 0 Å². The van der Waals surface area contributed by atoms with Gasteiger partial charge in [0.1, 0.15) is 0 Å². The molecular formula is C12H12BrNO2. The van der Waals surface area contributed by atoms with Crippen LogP contribution < -0.4 is 0 Å². The van der Waals surface area contributed by atoms with Crippen LogP contribution >= 0.6 is 15.9 Å². The molecule has 0 N–H and O–H groups in total. The molecule has 2 amide bonds. The van der Waals surface area contributed by atoms with Gasteiger partial charge >= 0.3 is 0 Å². The zero-order valence-corrected chi connectivity index (χ0v) is 10.4. The van der Waals surface area contributed by atoms with E-state index in [1.807, 2.05) is 24.3 Å². The first kappa shape index (κ1) is 11.3. The summed E-state index contributed by atoms with van der Waals surface area (Å²) in [6, 6.07) is 7.91. The van der Waals surface area contributed by atoms with Crippen LogP contribution in [0.1, 0.15) is 18.4 Å². The number of likely N-dealkylation sites (tertiary alicyclic amines) is 1. The summed E-state index contributed by atoms with van der Waals surface area (Å²) < 4.78 is 1.02. The normalized spacial score (nSPS) is 15.9. The number of carbonyl (C=O) groups is 2. The average molecular weight is 282 g/mol. The number of nitrogens with zero attached hydrogens (tertiary/aromatic N) is 1. The fourth-order valence-corrected chi connectivity index (χ4v) is 2.25. The molecule has 0 atom stereocenters. The molecule has 1 heterocycles.